The van der Waals surface area contributed by atoms with Crippen molar-refractivity contribution in [2.75, 3.05) is 0 Å². The summed E-state index contributed by atoms with van der Waals surface area (Å²) in [5.74, 6) is -1.73. The van der Waals surface area contributed by atoms with E-state index in [0.717, 1.165) is 10.8 Å². The number of phenolic OH excluding ortho intramolecular Hbond substituents is 1. The van der Waals surface area contributed by atoms with Gasteiger partial charge in [-0.1, -0.05) is 24.3 Å². The molecule has 0 aliphatic heterocycles. The van der Waals surface area contributed by atoms with Gasteiger partial charge in [-0.25, -0.2) is 5.43 Å². The van der Waals surface area contributed by atoms with Crippen molar-refractivity contribution in [3.05, 3.63) is 71.3 Å². The van der Waals surface area contributed by atoms with Gasteiger partial charge in [0.1, 0.15) is 11.5 Å². The van der Waals surface area contributed by atoms with E-state index < -0.39 is 11.8 Å². The Morgan fingerprint density at radius 3 is 2.26 bits per heavy atom. The monoisotopic (exact) mass is 363 g/mol. The minimum atomic E-state index is -0.771. The SMILES string of the molecule is CC(=NNC(=O)c1cc2ccccc2cc1O)c1ccc(O)c(C(N)=O)c1. The van der Waals surface area contributed by atoms with Gasteiger partial charge in [0, 0.05) is 0 Å². The highest BCUT2D eigenvalue weighted by Crippen LogP contribution is 2.25. The normalized spacial score (nSPS) is 11.4. The molecule has 2 amide bonds. The fourth-order valence-corrected chi connectivity index (χ4v) is 2.63. The van der Waals surface area contributed by atoms with Gasteiger partial charge in [0.2, 0.25) is 0 Å². The van der Waals surface area contributed by atoms with Gasteiger partial charge >= 0.3 is 0 Å². The number of hydrogen-bond donors (Lipinski definition) is 4. The number of fused-ring (bicyclic) bond motifs is 1. The average Bonchev–Trinajstić information content (AvgIpc) is 2.65. The summed E-state index contributed by atoms with van der Waals surface area (Å²) in [7, 11) is 0. The third-order valence-electron chi connectivity index (χ3n) is 4.11. The smallest absolute Gasteiger partial charge is 0.275 e. The Hall–Kier alpha value is -3.87. The number of nitrogens with two attached hydrogens (primary N) is 1. The van der Waals surface area contributed by atoms with Crippen LogP contribution in [0.25, 0.3) is 10.8 Å². The first kappa shape index (κ1) is 17.9. The van der Waals surface area contributed by atoms with E-state index in [4.69, 9.17) is 5.73 Å². The summed E-state index contributed by atoms with van der Waals surface area (Å²) >= 11 is 0. The van der Waals surface area contributed by atoms with Crippen LogP contribution in [-0.2, 0) is 0 Å². The highest BCUT2D eigenvalue weighted by Gasteiger charge is 2.13. The van der Waals surface area contributed by atoms with E-state index in [1.165, 1.54) is 18.2 Å². The zero-order valence-corrected chi connectivity index (χ0v) is 14.4. The molecule has 0 atom stereocenters. The molecule has 136 valence electrons. The van der Waals surface area contributed by atoms with Crippen LogP contribution in [0.5, 0.6) is 11.5 Å². The molecular formula is C20H17N3O4. The number of aromatic hydroxyl groups is 2. The molecule has 3 aromatic carbocycles. The molecule has 0 saturated carbocycles. The van der Waals surface area contributed by atoms with Gasteiger partial charge in [0.05, 0.1) is 16.8 Å². The number of carbonyl (C=O) groups is 2. The van der Waals surface area contributed by atoms with Crippen LogP contribution in [0.15, 0.2) is 59.7 Å². The second kappa shape index (κ2) is 7.17. The largest absolute Gasteiger partial charge is 0.507 e. The molecule has 0 radical (unpaired) electrons. The molecule has 0 aliphatic rings. The number of phenols is 2. The molecule has 0 spiro atoms. The third-order valence-corrected chi connectivity index (χ3v) is 4.11. The number of nitrogens with one attached hydrogen (secondary N) is 1. The fraction of sp³-hybridized carbons (Fsp3) is 0.0500. The van der Waals surface area contributed by atoms with Crippen molar-refractivity contribution in [3.8, 4) is 11.5 Å². The molecule has 0 heterocycles. The number of hydrogen-bond acceptors (Lipinski definition) is 5. The van der Waals surface area contributed by atoms with E-state index in [9.17, 15) is 19.8 Å². The molecule has 27 heavy (non-hydrogen) atoms. The minimum absolute atomic E-state index is 0.0412. The van der Waals surface area contributed by atoms with Crippen LogP contribution in [0, 0.1) is 0 Å². The van der Waals surface area contributed by atoms with E-state index in [2.05, 4.69) is 10.5 Å². The van der Waals surface area contributed by atoms with Crippen molar-refractivity contribution >= 4 is 28.3 Å². The molecule has 3 aromatic rings. The maximum Gasteiger partial charge on any atom is 0.275 e. The highest BCUT2D eigenvalue weighted by molar-refractivity contribution is 6.05. The van der Waals surface area contributed by atoms with Crippen LogP contribution < -0.4 is 11.2 Å². The summed E-state index contributed by atoms with van der Waals surface area (Å²) in [6.07, 6.45) is 0. The Morgan fingerprint density at radius 2 is 1.59 bits per heavy atom. The summed E-state index contributed by atoms with van der Waals surface area (Å²) in [6.45, 7) is 1.62. The average molecular weight is 363 g/mol. The minimum Gasteiger partial charge on any atom is -0.507 e. The summed E-state index contributed by atoms with van der Waals surface area (Å²) in [6, 6.07) is 14.7. The summed E-state index contributed by atoms with van der Waals surface area (Å²) in [4.78, 5) is 23.7. The van der Waals surface area contributed by atoms with E-state index in [0.29, 0.717) is 11.3 Å². The second-order valence-electron chi connectivity index (χ2n) is 5.95. The Bertz CT molecular complexity index is 1090. The van der Waals surface area contributed by atoms with Crippen LogP contribution in [0.3, 0.4) is 0 Å². The molecule has 0 aromatic heterocycles. The Balaban J connectivity index is 1.85. The fourth-order valence-electron chi connectivity index (χ4n) is 2.63. The zero-order valence-electron chi connectivity index (χ0n) is 14.4. The van der Waals surface area contributed by atoms with Crippen molar-refractivity contribution in [3.63, 3.8) is 0 Å². The number of carbonyl (C=O) groups excluding carboxylic acids is 2. The summed E-state index contributed by atoms with van der Waals surface area (Å²) < 4.78 is 0. The van der Waals surface area contributed by atoms with Crippen molar-refractivity contribution < 1.29 is 19.8 Å². The van der Waals surface area contributed by atoms with Gasteiger partial charge in [-0.15, -0.1) is 0 Å². The first-order valence-corrected chi connectivity index (χ1v) is 8.06. The van der Waals surface area contributed by atoms with Crippen LogP contribution in [0.4, 0.5) is 0 Å². The quantitative estimate of drug-likeness (QED) is 0.420. The number of primary amides is 1. The van der Waals surface area contributed by atoms with Crippen molar-refractivity contribution in [2.45, 2.75) is 6.92 Å². The first-order chi connectivity index (χ1) is 12.9. The first-order valence-electron chi connectivity index (χ1n) is 8.06. The molecule has 5 N–H and O–H groups in total. The Morgan fingerprint density at radius 1 is 0.926 bits per heavy atom. The number of nitrogens with zero attached hydrogens (tertiary/aromatic N) is 1. The van der Waals surface area contributed by atoms with Gasteiger partial charge in [-0.05, 0) is 53.6 Å². The molecule has 7 heteroatoms. The zero-order chi connectivity index (χ0) is 19.6. The maximum absolute atomic E-state index is 12.4. The highest BCUT2D eigenvalue weighted by atomic mass is 16.3. The number of rotatable bonds is 4. The lowest BCUT2D eigenvalue weighted by Crippen LogP contribution is -2.19. The lowest BCUT2D eigenvalue weighted by molar-refractivity contribution is 0.0950. The summed E-state index contributed by atoms with van der Waals surface area (Å²) in [5, 5.41) is 25.4. The van der Waals surface area contributed by atoms with Crippen LogP contribution in [-0.4, -0.2) is 27.7 Å². The van der Waals surface area contributed by atoms with Gasteiger partial charge in [-0.3, -0.25) is 9.59 Å². The molecular weight excluding hydrogens is 346 g/mol. The van der Waals surface area contributed by atoms with Crippen LogP contribution >= 0.6 is 0 Å². The molecule has 0 bridgehead atoms. The molecule has 7 nitrogen and oxygen atoms in total. The van der Waals surface area contributed by atoms with E-state index >= 15 is 0 Å². The van der Waals surface area contributed by atoms with Gasteiger partial charge in [-0.2, -0.15) is 5.10 Å². The third kappa shape index (κ3) is 3.72. The molecule has 0 saturated heterocycles. The second-order valence-corrected chi connectivity index (χ2v) is 5.95. The van der Waals surface area contributed by atoms with Crippen molar-refractivity contribution in [1.82, 2.24) is 5.43 Å². The number of amides is 2. The van der Waals surface area contributed by atoms with Crippen LogP contribution in [0.2, 0.25) is 0 Å². The van der Waals surface area contributed by atoms with Crippen molar-refractivity contribution in [2.24, 2.45) is 10.8 Å². The lowest BCUT2D eigenvalue weighted by atomic mass is 10.1. The topological polar surface area (TPSA) is 125 Å². The Labute approximate surface area is 154 Å². The van der Waals surface area contributed by atoms with Crippen molar-refractivity contribution in [1.29, 1.82) is 0 Å². The Kier molecular flexibility index (Phi) is 4.76. The molecule has 3 rings (SSSR count). The van der Waals surface area contributed by atoms with Gasteiger partial charge in [0.25, 0.3) is 11.8 Å². The maximum atomic E-state index is 12.4. The molecule has 0 fully saturated rings. The predicted molar refractivity (Wildman–Crippen MR) is 102 cm³/mol. The molecule has 0 unspecified atom stereocenters. The predicted octanol–water partition coefficient (Wildman–Crippen LogP) is 2.50. The van der Waals surface area contributed by atoms with E-state index in [1.54, 1.807) is 19.1 Å². The summed E-state index contributed by atoms with van der Waals surface area (Å²) in [5.41, 5.74) is 8.53. The van der Waals surface area contributed by atoms with Gasteiger partial charge in [0.15, 0.2) is 0 Å². The molecule has 0 aliphatic carbocycles. The lowest BCUT2D eigenvalue weighted by Gasteiger charge is -2.08. The number of benzene rings is 3. The van der Waals surface area contributed by atoms with Crippen LogP contribution in [0.1, 0.15) is 33.2 Å². The van der Waals surface area contributed by atoms with E-state index in [-0.39, 0.29) is 22.6 Å². The van der Waals surface area contributed by atoms with Gasteiger partial charge < -0.3 is 15.9 Å². The number of hydrazone groups is 1. The van der Waals surface area contributed by atoms with E-state index in [1.807, 2.05) is 24.3 Å². The standard InChI is InChI=1S/C20H17N3O4/c1-11(12-6-7-17(24)15(8-12)19(21)26)22-23-20(27)16-9-13-4-2-3-5-14(13)10-18(16)25/h2-10,24-25H,1H3,(H2,21,26)(H,23,27).